The van der Waals surface area contributed by atoms with Gasteiger partial charge in [-0.2, -0.15) is 0 Å². The maximum atomic E-state index is 11.8. The van der Waals surface area contributed by atoms with Gasteiger partial charge in [-0.25, -0.2) is 0 Å². The van der Waals surface area contributed by atoms with Gasteiger partial charge >= 0.3 is 0 Å². The van der Waals surface area contributed by atoms with Gasteiger partial charge in [-0.05, 0) is 42.8 Å². The topological polar surface area (TPSA) is 76.7 Å². The molecular formula is C19H19BrN2O4. The lowest BCUT2D eigenvalue weighted by Gasteiger charge is -2.11. The average Bonchev–Trinajstić information content (AvgIpc) is 2.65. The zero-order chi connectivity index (χ0) is 18.8. The molecule has 6 nitrogen and oxygen atoms in total. The van der Waals surface area contributed by atoms with Crippen molar-refractivity contribution in [2.75, 3.05) is 13.2 Å². The third-order valence-corrected chi connectivity index (χ3v) is 3.66. The van der Waals surface area contributed by atoms with Crippen molar-refractivity contribution >= 4 is 33.8 Å². The number of benzene rings is 2. The van der Waals surface area contributed by atoms with E-state index in [0.29, 0.717) is 18.1 Å². The van der Waals surface area contributed by atoms with Gasteiger partial charge in [0.15, 0.2) is 18.1 Å². The van der Waals surface area contributed by atoms with E-state index >= 15 is 0 Å². The molecule has 0 radical (unpaired) electrons. The number of rotatable bonds is 7. The fourth-order valence-electron chi connectivity index (χ4n) is 1.94. The van der Waals surface area contributed by atoms with E-state index in [2.05, 4.69) is 26.8 Å². The summed E-state index contributed by atoms with van der Waals surface area (Å²) in [6.45, 7) is 2.11. The third kappa shape index (κ3) is 6.60. The van der Waals surface area contributed by atoms with E-state index in [1.54, 1.807) is 24.3 Å². The van der Waals surface area contributed by atoms with Crippen LogP contribution in [0, 0.1) is 0 Å². The van der Waals surface area contributed by atoms with E-state index in [-0.39, 0.29) is 6.61 Å². The van der Waals surface area contributed by atoms with E-state index in [9.17, 15) is 9.59 Å². The fourth-order valence-corrected chi connectivity index (χ4v) is 2.21. The summed E-state index contributed by atoms with van der Waals surface area (Å²) in [6, 6.07) is 14.5. The lowest BCUT2D eigenvalue weighted by atomic mass is 10.2. The first-order valence-corrected chi connectivity index (χ1v) is 8.75. The largest absolute Gasteiger partial charge is 0.490 e. The van der Waals surface area contributed by atoms with Crippen LogP contribution >= 0.6 is 15.9 Å². The first kappa shape index (κ1) is 19.5. The Bertz CT molecular complexity index is 775. The van der Waals surface area contributed by atoms with Gasteiger partial charge in [0.1, 0.15) is 0 Å². The number of para-hydroxylation sites is 2. The minimum absolute atomic E-state index is 0.249. The molecule has 0 bridgehead atoms. The highest BCUT2D eigenvalue weighted by Gasteiger charge is 2.07. The van der Waals surface area contributed by atoms with Crippen LogP contribution in [0.25, 0.3) is 6.08 Å². The summed E-state index contributed by atoms with van der Waals surface area (Å²) in [6.07, 6.45) is 2.97. The first-order chi connectivity index (χ1) is 12.6. The maximum Gasteiger partial charge on any atom is 0.276 e. The molecule has 136 valence electrons. The van der Waals surface area contributed by atoms with Crippen LogP contribution in [-0.2, 0) is 9.59 Å². The molecule has 7 heteroatoms. The second kappa shape index (κ2) is 10.2. The summed E-state index contributed by atoms with van der Waals surface area (Å²) >= 11 is 3.34. The van der Waals surface area contributed by atoms with Crippen molar-refractivity contribution in [2.45, 2.75) is 6.92 Å². The van der Waals surface area contributed by atoms with Gasteiger partial charge in [-0.1, -0.05) is 40.2 Å². The zero-order valence-corrected chi connectivity index (χ0v) is 15.8. The number of carbonyl (C=O) groups is 2. The minimum atomic E-state index is -0.485. The van der Waals surface area contributed by atoms with Crippen LogP contribution in [0.15, 0.2) is 59.1 Å². The molecule has 0 fully saturated rings. The average molecular weight is 419 g/mol. The molecule has 0 aliphatic rings. The number of hydrogen-bond donors (Lipinski definition) is 2. The Morgan fingerprint density at radius 3 is 2.31 bits per heavy atom. The predicted octanol–water partition coefficient (Wildman–Crippen LogP) is 3.09. The molecule has 2 aromatic carbocycles. The third-order valence-electron chi connectivity index (χ3n) is 3.13. The predicted molar refractivity (Wildman–Crippen MR) is 103 cm³/mol. The lowest BCUT2D eigenvalue weighted by molar-refractivity contribution is -0.128. The normalized spacial score (nSPS) is 10.4. The Morgan fingerprint density at radius 1 is 1.00 bits per heavy atom. The second-order valence-corrected chi connectivity index (χ2v) is 6.01. The number of nitrogens with one attached hydrogen (secondary N) is 2. The van der Waals surface area contributed by atoms with E-state index in [4.69, 9.17) is 9.47 Å². The standard InChI is InChI=1S/C19H19BrN2O4/c1-2-25-16-5-3-4-6-17(16)26-13-19(24)22-21-18(23)12-9-14-7-10-15(20)11-8-14/h3-12H,2,13H2,1H3,(H,21,23)(H,22,24)/b12-9+. The molecule has 2 rings (SSSR count). The molecule has 2 aromatic rings. The van der Waals surface area contributed by atoms with Crippen molar-refractivity contribution in [1.82, 2.24) is 10.9 Å². The Morgan fingerprint density at radius 2 is 1.65 bits per heavy atom. The van der Waals surface area contributed by atoms with Crippen LogP contribution in [0.1, 0.15) is 12.5 Å². The molecule has 0 aromatic heterocycles. The van der Waals surface area contributed by atoms with E-state index in [1.807, 2.05) is 37.3 Å². The van der Waals surface area contributed by atoms with Crippen molar-refractivity contribution < 1.29 is 19.1 Å². The highest BCUT2D eigenvalue weighted by Crippen LogP contribution is 2.26. The minimum Gasteiger partial charge on any atom is -0.490 e. The molecule has 0 saturated carbocycles. The smallest absolute Gasteiger partial charge is 0.276 e. The van der Waals surface area contributed by atoms with Gasteiger partial charge < -0.3 is 9.47 Å². The number of amides is 2. The summed E-state index contributed by atoms with van der Waals surface area (Å²) in [5, 5.41) is 0. The van der Waals surface area contributed by atoms with Crippen LogP contribution < -0.4 is 20.3 Å². The number of ether oxygens (including phenoxy) is 2. The van der Waals surface area contributed by atoms with Gasteiger partial charge in [-0.3, -0.25) is 20.4 Å². The van der Waals surface area contributed by atoms with Gasteiger partial charge in [0.2, 0.25) is 0 Å². The highest BCUT2D eigenvalue weighted by atomic mass is 79.9. The molecule has 0 saturated heterocycles. The van der Waals surface area contributed by atoms with E-state index in [0.717, 1.165) is 10.0 Å². The molecule has 0 aliphatic heterocycles. The molecule has 0 heterocycles. The Balaban J connectivity index is 1.76. The Kier molecular flexibility index (Phi) is 7.70. The summed E-state index contributed by atoms with van der Waals surface area (Å²) in [4.78, 5) is 23.5. The van der Waals surface area contributed by atoms with Crippen LogP contribution in [0.3, 0.4) is 0 Å². The molecule has 0 unspecified atom stereocenters. The Labute approximate surface area is 160 Å². The number of hydrazine groups is 1. The first-order valence-electron chi connectivity index (χ1n) is 7.95. The van der Waals surface area contributed by atoms with Crippen molar-refractivity contribution in [3.63, 3.8) is 0 Å². The van der Waals surface area contributed by atoms with Crippen molar-refractivity contribution in [3.8, 4) is 11.5 Å². The summed E-state index contributed by atoms with van der Waals surface area (Å²) in [5.41, 5.74) is 5.45. The molecule has 2 amide bonds. The van der Waals surface area contributed by atoms with Crippen LogP contribution in [0.2, 0.25) is 0 Å². The van der Waals surface area contributed by atoms with Crippen LogP contribution in [0.4, 0.5) is 0 Å². The van der Waals surface area contributed by atoms with Crippen LogP contribution in [-0.4, -0.2) is 25.0 Å². The second-order valence-electron chi connectivity index (χ2n) is 5.09. The van der Waals surface area contributed by atoms with Gasteiger partial charge in [0, 0.05) is 10.5 Å². The quantitative estimate of drug-likeness (QED) is 0.534. The number of hydrogen-bond acceptors (Lipinski definition) is 4. The SMILES string of the molecule is CCOc1ccccc1OCC(=O)NNC(=O)/C=C/c1ccc(Br)cc1. The molecule has 0 aliphatic carbocycles. The summed E-state index contributed by atoms with van der Waals surface area (Å²) < 4.78 is 11.8. The number of halogens is 1. The van der Waals surface area contributed by atoms with Crippen molar-refractivity contribution in [3.05, 3.63) is 64.6 Å². The lowest BCUT2D eigenvalue weighted by Crippen LogP contribution is -2.43. The number of carbonyl (C=O) groups excluding carboxylic acids is 2. The van der Waals surface area contributed by atoms with Crippen LogP contribution in [0.5, 0.6) is 11.5 Å². The van der Waals surface area contributed by atoms with Gasteiger partial charge in [0.25, 0.3) is 11.8 Å². The van der Waals surface area contributed by atoms with E-state index < -0.39 is 11.8 Å². The summed E-state index contributed by atoms with van der Waals surface area (Å²) in [5.74, 6) is 0.0907. The monoisotopic (exact) mass is 418 g/mol. The molecular weight excluding hydrogens is 400 g/mol. The maximum absolute atomic E-state index is 11.8. The molecule has 0 atom stereocenters. The Hall–Kier alpha value is -2.80. The van der Waals surface area contributed by atoms with Crippen molar-refractivity contribution in [1.29, 1.82) is 0 Å². The molecule has 26 heavy (non-hydrogen) atoms. The zero-order valence-electron chi connectivity index (χ0n) is 14.2. The highest BCUT2D eigenvalue weighted by molar-refractivity contribution is 9.10. The van der Waals surface area contributed by atoms with Gasteiger partial charge in [0.05, 0.1) is 6.61 Å². The molecule has 2 N–H and O–H groups in total. The fraction of sp³-hybridized carbons (Fsp3) is 0.158. The van der Waals surface area contributed by atoms with Gasteiger partial charge in [-0.15, -0.1) is 0 Å². The van der Waals surface area contributed by atoms with Crippen molar-refractivity contribution in [2.24, 2.45) is 0 Å². The molecule has 0 spiro atoms. The van der Waals surface area contributed by atoms with E-state index in [1.165, 1.54) is 6.08 Å². The summed E-state index contributed by atoms with van der Waals surface area (Å²) in [7, 11) is 0.